The Bertz CT molecular complexity index is 529. The molecule has 0 amide bonds. The molecule has 1 atom stereocenters. The Kier molecular flexibility index (Phi) is 12.5. The summed E-state index contributed by atoms with van der Waals surface area (Å²) in [6.07, 6.45) is 17.6. The molecule has 0 aliphatic carbocycles. The normalized spacial score (nSPS) is 14.2. The van der Waals surface area contributed by atoms with Crippen LogP contribution in [-0.4, -0.2) is 11.5 Å². The number of terminal acetylenes is 1. The number of unbranched alkanes of at least 4 members (excludes halogenated alkanes) is 2. The fourth-order valence-electron chi connectivity index (χ4n) is 2.42. The van der Waals surface area contributed by atoms with Crippen LogP contribution in [0.2, 0.25) is 0 Å². The van der Waals surface area contributed by atoms with Gasteiger partial charge in [0.15, 0.2) is 5.78 Å². The molecule has 0 N–H and O–H groups in total. The highest BCUT2D eigenvalue weighted by molar-refractivity contribution is 6.02. The van der Waals surface area contributed by atoms with Gasteiger partial charge in [0.05, 0.1) is 5.71 Å². The molecule has 2 nitrogen and oxygen atoms in total. The number of carbonyl (C=O) groups is 1. The van der Waals surface area contributed by atoms with E-state index in [9.17, 15) is 4.79 Å². The second kappa shape index (κ2) is 13.5. The minimum absolute atomic E-state index is 0.154. The van der Waals surface area contributed by atoms with Crippen molar-refractivity contribution in [2.75, 3.05) is 0 Å². The Labute approximate surface area is 148 Å². The van der Waals surface area contributed by atoms with E-state index in [0.717, 1.165) is 24.1 Å². The summed E-state index contributed by atoms with van der Waals surface area (Å²) in [4.78, 5) is 16.5. The lowest BCUT2D eigenvalue weighted by molar-refractivity contribution is -0.114. The van der Waals surface area contributed by atoms with E-state index in [4.69, 9.17) is 6.42 Å². The minimum atomic E-state index is 0.154. The molecule has 0 saturated carbocycles. The Morgan fingerprint density at radius 3 is 2.46 bits per heavy atom. The van der Waals surface area contributed by atoms with Crippen molar-refractivity contribution in [3.05, 3.63) is 36.1 Å². The number of carbonyl (C=O) groups excluding carboxylic acids is 1. The molecule has 0 heterocycles. The van der Waals surface area contributed by atoms with Crippen molar-refractivity contribution in [1.29, 1.82) is 0 Å². The van der Waals surface area contributed by atoms with Crippen LogP contribution in [0, 0.1) is 18.3 Å². The van der Waals surface area contributed by atoms with E-state index in [-0.39, 0.29) is 5.78 Å². The van der Waals surface area contributed by atoms with Gasteiger partial charge in [0.1, 0.15) is 0 Å². The number of nitrogens with zero attached hydrogens (tertiary/aromatic N) is 1. The van der Waals surface area contributed by atoms with Crippen LogP contribution < -0.4 is 0 Å². The lowest BCUT2D eigenvalue weighted by atomic mass is 9.90. The third-order valence-electron chi connectivity index (χ3n) is 4.06. The van der Waals surface area contributed by atoms with Crippen LogP contribution >= 0.6 is 0 Å². The van der Waals surface area contributed by atoms with E-state index in [2.05, 4.69) is 31.3 Å². The quantitative estimate of drug-likeness (QED) is 0.141. The van der Waals surface area contributed by atoms with E-state index in [1.54, 1.807) is 12.2 Å². The molecule has 0 aromatic rings. The van der Waals surface area contributed by atoms with Crippen LogP contribution in [0.25, 0.3) is 0 Å². The topological polar surface area (TPSA) is 29.4 Å². The highest BCUT2D eigenvalue weighted by Crippen LogP contribution is 2.22. The van der Waals surface area contributed by atoms with Crippen molar-refractivity contribution in [3.8, 4) is 12.3 Å². The van der Waals surface area contributed by atoms with Crippen molar-refractivity contribution in [3.63, 3.8) is 0 Å². The summed E-state index contributed by atoms with van der Waals surface area (Å²) in [6.45, 7) is 12.0. The van der Waals surface area contributed by atoms with Crippen molar-refractivity contribution in [2.45, 2.75) is 72.6 Å². The van der Waals surface area contributed by atoms with Crippen molar-refractivity contribution >= 4 is 11.5 Å². The fourth-order valence-corrected chi connectivity index (χ4v) is 2.42. The second-order valence-electron chi connectivity index (χ2n) is 6.06. The molecule has 0 aliphatic rings. The number of allylic oxidation sites excluding steroid dienone is 5. The first-order valence-electron chi connectivity index (χ1n) is 9.11. The van der Waals surface area contributed by atoms with Crippen LogP contribution in [0.5, 0.6) is 0 Å². The van der Waals surface area contributed by atoms with Crippen LogP contribution in [0.4, 0.5) is 0 Å². The first-order valence-corrected chi connectivity index (χ1v) is 9.11. The maximum absolute atomic E-state index is 11.9. The summed E-state index contributed by atoms with van der Waals surface area (Å²) in [5, 5.41) is 0. The molecule has 0 radical (unpaired) electrons. The van der Waals surface area contributed by atoms with Gasteiger partial charge in [0.2, 0.25) is 0 Å². The predicted octanol–water partition coefficient (Wildman–Crippen LogP) is 6.05. The van der Waals surface area contributed by atoms with E-state index < -0.39 is 0 Å². The lowest BCUT2D eigenvalue weighted by Crippen LogP contribution is -2.08. The Balaban J connectivity index is 5.35. The largest absolute Gasteiger partial charge is 0.295 e. The average Bonchev–Trinajstić information content (AvgIpc) is 2.59. The Hall–Kier alpha value is -1.88. The maximum atomic E-state index is 11.9. The number of hydrogen-bond acceptors (Lipinski definition) is 2. The smallest absolute Gasteiger partial charge is 0.155 e. The van der Waals surface area contributed by atoms with Crippen molar-refractivity contribution in [1.82, 2.24) is 0 Å². The first-order chi connectivity index (χ1) is 11.5. The summed E-state index contributed by atoms with van der Waals surface area (Å²) >= 11 is 0. The Morgan fingerprint density at radius 1 is 1.25 bits per heavy atom. The average molecular weight is 328 g/mol. The van der Waals surface area contributed by atoms with Gasteiger partial charge in [-0.1, -0.05) is 71.1 Å². The molecule has 0 bridgehead atoms. The van der Waals surface area contributed by atoms with Gasteiger partial charge in [0.25, 0.3) is 0 Å². The molecule has 0 aromatic heterocycles. The van der Waals surface area contributed by atoms with E-state index in [0.29, 0.717) is 24.5 Å². The van der Waals surface area contributed by atoms with Crippen molar-refractivity contribution < 1.29 is 4.79 Å². The summed E-state index contributed by atoms with van der Waals surface area (Å²) < 4.78 is 0. The zero-order valence-corrected chi connectivity index (χ0v) is 15.9. The van der Waals surface area contributed by atoms with Gasteiger partial charge in [-0.3, -0.25) is 4.79 Å². The number of rotatable bonds is 12. The molecular weight excluding hydrogens is 294 g/mol. The van der Waals surface area contributed by atoms with Gasteiger partial charge in [-0.2, -0.15) is 0 Å². The van der Waals surface area contributed by atoms with Crippen LogP contribution in [0.3, 0.4) is 0 Å². The molecule has 0 rings (SSSR count). The van der Waals surface area contributed by atoms with Gasteiger partial charge in [-0.15, -0.1) is 6.42 Å². The lowest BCUT2D eigenvalue weighted by Gasteiger charge is -2.16. The molecule has 0 spiro atoms. The van der Waals surface area contributed by atoms with Crippen LogP contribution in [0.1, 0.15) is 72.6 Å². The zero-order chi connectivity index (χ0) is 18.4. The molecule has 24 heavy (non-hydrogen) atoms. The predicted molar refractivity (Wildman–Crippen MR) is 106 cm³/mol. The van der Waals surface area contributed by atoms with E-state index >= 15 is 0 Å². The molecule has 0 saturated heterocycles. The van der Waals surface area contributed by atoms with Gasteiger partial charge >= 0.3 is 0 Å². The summed E-state index contributed by atoms with van der Waals surface area (Å²) in [7, 11) is 0. The standard InChI is InChI=1S/C22H33NO/c1-7-12-13-15-18(6)19(17-22(24)11-5)16-21(10-4)23-20(9-3)14-8-2/h4,8,14,17-18H,2,7,9,11-13,15-16H2,1,3,5-6H3/b19-17-,20-14-,23-21?. The highest BCUT2D eigenvalue weighted by atomic mass is 16.1. The van der Waals surface area contributed by atoms with Gasteiger partial charge in [0, 0.05) is 18.5 Å². The molecule has 2 heteroatoms. The molecule has 132 valence electrons. The first kappa shape index (κ1) is 22.1. The van der Waals surface area contributed by atoms with Gasteiger partial charge < -0.3 is 0 Å². The number of aliphatic imine (C=N–C) groups is 1. The SMILES string of the molecule is C#CC(C/C(=C/C(=O)CC)C(C)CCCCC)=N/C(=C\C=C)CC. The number of hydrogen-bond donors (Lipinski definition) is 0. The van der Waals surface area contributed by atoms with E-state index in [1.165, 1.54) is 19.3 Å². The monoisotopic (exact) mass is 327 g/mol. The maximum Gasteiger partial charge on any atom is 0.155 e. The van der Waals surface area contributed by atoms with Gasteiger partial charge in [-0.05, 0) is 30.9 Å². The molecule has 0 aliphatic heterocycles. The van der Waals surface area contributed by atoms with Crippen LogP contribution in [-0.2, 0) is 4.79 Å². The molecule has 0 aromatic carbocycles. The summed E-state index contributed by atoms with van der Waals surface area (Å²) in [6, 6.07) is 0. The summed E-state index contributed by atoms with van der Waals surface area (Å²) in [5.74, 6) is 3.19. The number of ketones is 1. The molecule has 1 unspecified atom stereocenters. The zero-order valence-electron chi connectivity index (χ0n) is 15.9. The second-order valence-corrected chi connectivity index (χ2v) is 6.06. The molecule has 0 fully saturated rings. The Morgan fingerprint density at radius 2 is 1.96 bits per heavy atom. The van der Waals surface area contributed by atoms with Gasteiger partial charge in [-0.25, -0.2) is 4.99 Å². The fraction of sp³-hybridized carbons (Fsp3) is 0.545. The third-order valence-corrected chi connectivity index (χ3v) is 4.06. The third kappa shape index (κ3) is 9.30. The van der Waals surface area contributed by atoms with Crippen LogP contribution in [0.15, 0.2) is 41.1 Å². The molecular formula is C22H33NO. The van der Waals surface area contributed by atoms with Crippen molar-refractivity contribution in [2.24, 2.45) is 10.9 Å². The minimum Gasteiger partial charge on any atom is -0.295 e. The summed E-state index contributed by atoms with van der Waals surface area (Å²) in [5.41, 5.74) is 2.70. The van der Waals surface area contributed by atoms with E-state index in [1.807, 2.05) is 19.9 Å². The highest BCUT2D eigenvalue weighted by Gasteiger charge is 2.13.